The number of halogens is 1. The summed E-state index contributed by atoms with van der Waals surface area (Å²) in [5.74, 6) is 0.857. The minimum Gasteiger partial charge on any atom is -0.453 e. The van der Waals surface area contributed by atoms with E-state index in [4.69, 9.17) is 9.25 Å². The molecule has 68 valence electrons. The molecule has 0 spiro atoms. The van der Waals surface area contributed by atoms with Gasteiger partial charge in [0.05, 0.1) is 12.6 Å². The quantitative estimate of drug-likeness (QED) is 0.813. The number of hydrogen-bond donors (Lipinski definition) is 1. The van der Waals surface area contributed by atoms with Gasteiger partial charge in [-0.3, -0.25) is 0 Å². The maximum Gasteiger partial charge on any atom is 0.169 e. The minimum atomic E-state index is 0.0799. The normalized spacial score (nSPS) is 13.2. The zero-order chi connectivity index (χ0) is 8.97. The Morgan fingerprint density at radius 1 is 1.67 bits per heavy atom. The van der Waals surface area contributed by atoms with E-state index in [1.807, 2.05) is 26.0 Å². The van der Waals surface area contributed by atoms with Crippen molar-refractivity contribution >= 4 is 15.9 Å². The molecule has 1 heterocycles. The summed E-state index contributed by atoms with van der Waals surface area (Å²) in [7, 11) is 0. The summed E-state index contributed by atoms with van der Waals surface area (Å²) in [6.07, 6.45) is 0. The van der Waals surface area contributed by atoms with Crippen LogP contribution in [-0.4, -0.2) is 6.61 Å². The Morgan fingerprint density at radius 2 is 2.42 bits per heavy atom. The monoisotopic (exact) mass is 233 g/mol. The van der Waals surface area contributed by atoms with Crippen molar-refractivity contribution in [2.24, 2.45) is 0 Å². The van der Waals surface area contributed by atoms with Gasteiger partial charge in [-0.2, -0.15) is 5.48 Å². The Labute approximate surface area is 80.2 Å². The first kappa shape index (κ1) is 9.77. The molecular weight excluding hydrogens is 222 g/mol. The fourth-order valence-electron chi connectivity index (χ4n) is 0.827. The third-order valence-corrected chi connectivity index (χ3v) is 1.85. The molecule has 1 rings (SSSR count). The molecule has 1 aromatic heterocycles. The van der Waals surface area contributed by atoms with Crippen molar-refractivity contribution in [1.29, 1.82) is 0 Å². The number of furan rings is 1. The number of rotatable bonds is 4. The highest BCUT2D eigenvalue weighted by atomic mass is 79.9. The lowest BCUT2D eigenvalue weighted by molar-refractivity contribution is 0.0233. The van der Waals surface area contributed by atoms with E-state index in [-0.39, 0.29) is 6.04 Å². The van der Waals surface area contributed by atoms with Crippen molar-refractivity contribution in [3.05, 3.63) is 22.6 Å². The molecule has 0 aliphatic rings. The highest BCUT2D eigenvalue weighted by Gasteiger charge is 2.08. The van der Waals surface area contributed by atoms with Gasteiger partial charge in [0.2, 0.25) is 0 Å². The second-order valence-electron chi connectivity index (χ2n) is 2.41. The molecule has 4 heteroatoms. The molecule has 0 fully saturated rings. The average molecular weight is 234 g/mol. The van der Waals surface area contributed by atoms with Gasteiger partial charge >= 0.3 is 0 Å². The summed E-state index contributed by atoms with van der Waals surface area (Å²) in [4.78, 5) is 5.03. The SMILES string of the molecule is CCONC(C)c1ccc(Br)o1. The van der Waals surface area contributed by atoms with Crippen molar-refractivity contribution in [2.45, 2.75) is 19.9 Å². The fraction of sp³-hybridized carbons (Fsp3) is 0.500. The number of hydrogen-bond acceptors (Lipinski definition) is 3. The van der Waals surface area contributed by atoms with Gasteiger partial charge in [-0.25, -0.2) is 0 Å². The van der Waals surface area contributed by atoms with Crippen molar-refractivity contribution in [3.8, 4) is 0 Å². The summed E-state index contributed by atoms with van der Waals surface area (Å²) >= 11 is 3.23. The molecule has 0 radical (unpaired) electrons. The first-order valence-electron chi connectivity index (χ1n) is 3.86. The number of nitrogens with one attached hydrogen (secondary N) is 1. The van der Waals surface area contributed by atoms with E-state index < -0.39 is 0 Å². The summed E-state index contributed by atoms with van der Waals surface area (Å²) in [6, 6.07) is 3.84. The molecule has 1 unspecified atom stereocenters. The molecule has 3 nitrogen and oxygen atoms in total. The van der Waals surface area contributed by atoms with Crippen LogP contribution in [0, 0.1) is 0 Å². The summed E-state index contributed by atoms with van der Waals surface area (Å²) in [5.41, 5.74) is 2.85. The van der Waals surface area contributed by atoms with Crippen molar-refractivity contribution in [2.75, 3.05) is 6.61 Å². The Morgan fingerprint density at radius 3 is 2.92 bits per heavy atom. The van der Waals surface area contributed by atoms with Crippen molar-refractivity contribution in [3.63, 3.8) is 0 Å². The van der Waals surface area contributed by atoms with Gasteiger partial charge in [0.1, 0.15) is 5.76 Å². The molecule has 0 aliphatic heterocycles. The first-order valence-corrected chi connectivity index (χ1v) is 4.66. The van der Waals surface area contributed by atoms with Gasteiger partial charge in [0, 0.05) is 0 Å². The van der Waals surface area contributed by atoms with Crippen molar-refractivity contribution in [1.82, 2.24) is 5.48 Å². The Hall–Kier alpha value is -0.320. The predicted molar refractivity (Wildman–Crippen MR) is 49.6 cm³/mol. The number of hydroxylamine groups is 1. The van der Waals surface area contributed by atoms with Gasteiger partial charge in [0.25, 0.3) is 0 Å². The Bertz CT molecular complexity index is 237. The summed E-state index contributed by atoms with van der Waals surface area (Å²) < 4.78 is 6.06. The molecule has 1 N–H and O–H groups in total. The van der Waals surface area contributed by atoms with Crippen LogP contribution in [0.2, 0.25) is 0 Å². The lowest BCUT2D eigenvalue weighted by atomic mass is 10.3. The first-order chi connectivity index (χ1) is 5.74. The second-order valence-corrected chi connectivity index (χ2v) is 3.20. The maximum atomic E-state index is 5.32. The van der Waals surface area contributed by atoms with Crippen LogP contribution in [0.5, 0.6) is 0 Å². The molecule has 0 aromatic carbocycles. The van der Waals surface area contributed by atoms with Crippen LogP contribution in [0.4, 0.5) is 0 Å². The smallest absolute Gasteiger partial charge is 0.169 e. The molecule has 1 atom stereocenters. The standard InChI is InChI=1S/C8H12BrNO2/c1-3-11-10-6(2)7-4-5-8(9)12-7/h4-6,10H,3H2,1-2H3. The topological polar surface area (TPSA) is 34.4 Å². The Kier molecular flexibility index (Phi) is 3.78. The zero-order valence-electron chi connectivity index (χ0n) is 7.13. The average Bonchev–Trinajstić information content (AvgIpc) is 2.47. The van der Waals surface area contributed by atoms with E-state index in [2.05, 4.69) is 21.4 Å². The van der Waals surface area contributed by atoms with E-state index in [0.717, 1.165) is 10.4 Å². The highest BCUT2D eigenvalue weighted by molar-refractivity contribution is 9.10. The molecule has 0 amide bonds. The van der Waals surface area contributed by atoms with Crippen LogP contribution in [0.3, 0.4) is 0 Å². The highest BCUT2D eigenvalue weighted by Crippen LogP contribution is 2.19. The lowest BCUT2D eigenvalue weighted by Gasteiger charge is -2.09. The van der Waals surface area contributed by atoms with Crippen molar-refractivity contribution < 1.29 is 9.25 Å². The van der Waals surface area contributed by atoms with Crippen LogP contribution >= 0.6 is 15.9 Å². The van der Waals surface area contributed by atoms with Crippen LogP contribution in [0.15, 0.2) is 21.2 Å². The van der Waals surface area contributed by atoms with Gasteiger partial charge < -0.3 is 9.25 Å². The van der Waals surface area contributed by atoms with Crippen LogP contribution in [0.25, 0.3) is 0 Å². The van der Waals surface area contributed by atoms with Crippen LogP contribution in [-0.2, 0) is 4.84 Å². The van der Waals surface area contributed by atoms with E-state index in [1.165, 1.54) is 0 Å². The molecule has 12 heavy (non-hydrogen) atoms. The molecule has 0 bridgehead atoms. The van der Waals surface area contributed by atoms with Gasteiger partial charge in [0.15, 0.2) is 4.67 Å². The summed E-state index contributed by atoms with van der Waals surface area (Å²) in [5, 5.41) is 0. The second kappa shape index (κ2) is 4.64. The predicted octanol–water partition coefficient (Wildman–Crippen LogP) is 2.64. The summed E-state index contributed by atoms with van der Waals surface area (Å²) in [6.45, 7) is 4.55. The van der Waals surface area contributed by atoms with Gasteiger partial charge in [-0.15, -0.1) is 0 Å². The molecule has 1 aromatic rings. The van der Waals surface area contributed by atoms with E-state index >= 15 is 0 Å². The lowest BCUT2D eigenvalue weighted by Crippen LogP contribution is -2.18. The van der Waals surface area contributed by atoms with Crippen LogP contribution < -0.4 is 5.48 Å². The van der Waals surface area contributed by atoms with E-state index in [0.29, 0.717) is 6.61 Å². The Balaban J connectivity index is 2.47. The third-order valence-electron chi connectivity index (χ3n) is 1.43. The van der Waals surface area contributed by atoms with E-state index in [1.54, 1.807) is 0 Å². The van der Waals surface area contributed by atoms with E-state index in [9.17, 15) is 0 Å². The fourth-order valence-corrected chi connectivity index (χ4v) is 1.15. The third kappa shape index (κ3) is 2.62. The minimum absolute atomic E-state index is 0.0799. The van der Waals surface area contributed by atoms with Gasteiger partial charge in [-0.05, 0) is 41.9 Å². The largest absolute Gasteiger partial charge is 0.453 e. The molecule has 0 saturated heterocycles. The molecular formula is C8H12BrNO2. The molecule has 0 aliphatic carbocycles. The maximum absolute atomic E-state index is 5.32. The van der Waals surface area contributed by atoms with Gasteiger partial charge in [-0.1, -0.05) is 0 Å². The zero-order valence-corrected chi connectivity index (χ0v) is 8.72. The van der Waals surface area contributed by atoms with Crippen LogP contribution in [0.1, 0.15) is 25.6 Å². The molecule has 0 saturated carbocycles.